The maximum absolute atomic E-state index is 3.36. The standard InChI is InChI=1S/C13H9.C13H21.2ClH.Ti/c1-3-7-12-10(5-1)9-11-6-2-4-8-13(11)12;1-2-3-4-5-6-7-10-13-11-8-9-12-13;;;/h1-9H;8,11H,2-7,9-10H2,1H3;2*1H;/q2*-1;;;+4/p-2. The molecule has 29 heavy (non-hydrogen) atoms. The first kappa shape index (κ1) is 28.1. The summed E-state index contributed by atoms with van der Waals surface area (Å²) in [6.07, 6.45) is 18.5. The van der Waals surface area contributed by atoms with Crippen molar-refractivity contribution in [1.29, 1.82) is 0 Å². The predicted octanol–water partition coefficient (Wildman–Crippen LogP) is 2.14. The Kier molecular flexibility index (Phi) is 15.4. The Morgan fingerprint density at radius 2 is 1.34 bits per heavy atom. The first-order valence-corrected chi connectivity index (χ1v) is 10.2. The second kappa shape index (κ2) is 15.9. The molecule has 1 aliphatic rings. The van der Waals surface area contributed by atoms with E-state index in [-0.39, 0.29) is 46.5 Å². The monoisotopic (exact) mass is 460 g/mol. The van der Waals surface area contributed by atoms with Gasteiger partial charge < -0.3 is 24.8 Å². The molecule has 0 atom stereocenters. The first-order chi connectivity index (χ1) is 12.9. The van der Waals surface area contributed by atoms with E-state index in [9.17, 15) is 0 Å². The van der Waals surface area contributed by atoms with Crippen LogP contribution < -0.4 is 24.8 Å². The molecule has 0 saturated heterocycles. The van der Waals surface area contributed by atoms with Gasteiger partial charge in [-0.15, -0.1) is 46.2 Å². The van der Waals surface area contributed by atoms with Crippen LogP contribution in [0.3, 0.4) is 0 Å². The largest absolute Gasteiger partial charge is 4.00 e. The average molecular weight is 461 g/mol. The zero-order chi connectivity index (χ0) is 18.0. The Balaban J connectivity index is 0.000000490. The number of rotatable bonds is 7. The molecule has 0 saturated carbocycles. The van der Waals surface area contributed by atoms with E-state index in [1.807, 2.05) is 0 Å². The number of unbranched alkanes of at least 4 members (excludes halogenated alkanes) is 5. The van der Waals surface area contributed by atoms with E-state index in [0.29, 0.717) is 0 Å². The number of allylic oxidation sites excluding steroid dienone is 4. The Morgan fingerprint density at radius 3 is 1.90 bits per heavy atom. The number of hydrogen-bond donors (Lipinski definition) is 0. The van der Waals surface area contributed by atoms with Crippen LogP contribution in [-0.4, -0.2) is 0 Å². The van der Waals surface area contributed by atoms with Gasteiger partial charge in [0.25, 0.3) is 0 Å². The van der Waals surface area contributed by atoms with E-state index < -0.39 is 0 Å². The fraction of sp³-hybridized carbons (Fsp3) is 0.346. The van der Waals surface area contributed by atoms with Crippen molar-refractivity contribution in [3.8, 4) is 0 Å². The van der Waals surface area contributed by atoms with Crippen molar-refractivity contribution in [2.75, 3.05) is 0 Å². The average Bonchev–Trinajstić information content (AvgIpc) is 3.32. The summed E-state index contributed by atoms with van der Waals surface area (Å²) < 4.78 is 0. The van der Waals surface area contributed by atoms with Crippen molar-refractivity contribution in [1.82, 2.24) is 0 Å². The molecule has 1 aliphatic carbocycles. The molecule has 0 fully saturated rings. The van der Waals surface area contributed by atoms with Crippen molar-refractivity contribution < 1.29 is 46.5 Å². The van der Waals surface area contributed by atoms with Crippen LogP contribution in [0.2, 0.25) is 0 Å². The number of benzene rings is 2. The van der Waals surface area contributed by atoms with Gasteiger partial charge in [0.15, 0.2) is 0 Å². The zero-order valence-electron chi connectivity index (χ0n) is 17.3. The van der Waals surface area contributed by atoms with Crippen LogP contribution in [0.5, 0.6) is 0 Å². The third-order valence-electron chi connectivity index (χ3n) is 5.09. The van der Waals surface area contributed by atoms with Crippen molar-refractivity contribution in [2.45, 2.75) is 58.3 Å². The van der Waals surface area contributed by atoms with Gasteiger partial charge in [-0.3, -0.25) is 6.08 Å². The molecule has 4 rings (SSSR count). The van der Waals surface area contributed by atoms with Crippen LogP contribution in [0.4, 0.5) is 0 Å². The Bertz CT molecular complexity index is 826. The van der Waals surface area contributed by atoms with Crippen LogP contribution in [0.15, 0.2) is 72.3 Å². The summed E-state index contributed by atoms with van der Waals surface area (Å²) in [6.45, 7) is 2.27. The molecule has 0 nitrogen and oxygen atoms in total. The Morgan fingerprint density at radius 1 is 0.793 bits per heavy atom. The molecule has 3 heteroatoms. The number of hydrogen-bond acceptors (Lipinski definition) is 0. The summed E-state index contributed by atoms with van der Waals surface area (Å²) >= 11 is 0. The van der Waals surface area contributed by atoms with Crippen LogP contribution in [0, 0.1) is 6.08 Å². The minimum atomic E-state index is 0. The number of halogens is 2. The quantitative estimate of drug-likeness (QED) is 0.288. The van der Waals surface area contributed by atoms with Gasteiger partial charge in [-0.05, 0) is 0 Å². The minimum Gasteiger partial charge on any atom is -1.00 e. The van der Waals surface area contributed by atoms with Gasteiger partial charge in [0.1, 0.15) is 0 Å². The zero-order valence-corrected chi connectivity index (χ0v) is 20.3. The summed E-state index contributed by atoms with van der Waals surface area (Å²) in [5.41, 5.74) is 1.44. The smallest absolute Gasteiger partial charge is 1.00 e. The van der Waals surface area contributed by atoms with Crippen molar-refractivity contribution in [2.24, 2.45) is 0 Å². The van der Waals surface area contributed by atoms with E-state index >= 15 is 0 Å². The van der Waals surface area contributed by atoms with E-state index in [0.717, 1.165) is 6.42 Å². The fourth-order valence-electron chi connectivity index (χ4n) is 3.62. The molecule has 0 N–H and O–H groups in total. The molecule has 152 valence electrons. The normalized spacial score (nSPS) is 11.7. The SMILES string of the molecule is CCCCCCCCC1=[C-]CC=C1.[Cl-].[Cl-].[Ti+4].c1ccc2c(c1)[cH-]c1ccccc12. The van der Waals surface area contributed by atoms with Gasteiger partial charge in [0.2, 0.25) is 0 Å². The molecule has 0 bridgehead atoms. The van der Waals surface area contributed by atoms with Crippen LogP contribution in [0.25, 0.3) is 21.5 Å². The first-order valence-electron chi connectivity index (χ1n) is 10.2. The third-order valence-corrected chi connectivity index (χ3v) is 5.09. The molecular formula is C26H30Cl2Ti. The fourth-order valence-corrected chi connectivity index (χ4v) is 3.62. The maximum atomic E-state index is 3.36. The second-order valence-electron chi connectivity index (χ2n) is 7.15. The molecule has 0 amide bonds. The van der Waals surface area contributed by atoms with E-state index in [1.165, 1.54) is 72.1 Å². The van der Waals surface area contributed by atoms with Gasteiger partial charge in [0, 0.05) is 0 Å². The van der Waals surface area contributed by atoms with Gasteiger partial charge in [-0.1, -0.05) is 88.3 Å². The van der Waals surface area contributed by atoms with Gasteiger partial charge >= 0.3 is 21.7 Å². The van der Waals surface area contributed by atoms with Gasteiger partial charge in [0.05, 0.1) is 0 Å². The minimum absolute atomic E-state index is 0. The molecular weight excluding hydrogens is 431 g/mol. The Labute approximate surface area is 203 Å². The van der Waals surface area contributed by atoms with E-state index in [2.05, 4.69) is 79.7 Å². The van der Waals surface area contributed by atoms with Gasteiger partial charge in [-0.25, -0.2) is 11.6 Å². The van der Waals surface area contributed by atoms with Crippen molar-refractivity contribution >= 4 is 21.5 Å². The van der Waals surface area contributed by atoms with E-state index in [4.69, 9.17) is 0 Å². The molecule has 0 heterocycles. The second-order valence-corrected chi connectivity index (χ2v) is 7.15. The summed E-state index contributed by atoms with van der Waals surface area (Å²) in [5, 5.41) is 5.39. The summed E-state index contributed by atoms with van der Waals surface area (Å²) in [7, 11) is 0. The van der Waals surface area contributed by atoms with Crippen molar-refractivity contribution in [3.05, 3.63) is 78.4 Å². The number of fused-ring (bicyclic) bond motifs is 3. The third kappa shape index (κ3) is 8.77. The molecule has 3 aromatic rings. The van der Waals surface area contributed by atoms with Crippen LogP contribution >= 0.6 is 0 Å². The summed E-state index contributed by atoms with van der Waals surface area (Å²) in [5.74, 6) is 0. The molecule has 0 aliphatic heterocycles. The maximum Gasteiger partial charge on any atom is 4.00 e. The predicted molar refractivity (Wildman–Crippen MR) is 116 cm³/mol. The van der Waals surface area contributed by atoms with E-state index in [1.54, 1.807) is 0 Å². The summed E-state index contributed by atoms with van der Waals surface area (Å²) in [4.78, 5) is 0. The topological polar surface area (TPSA) is 0 Å². The molecule has 0 radical (unpaired) electrons. The molecule has 0 spiro atoms. The molecule has 0 aromatic heterocycles. The van der Waals surface area contributed by atoms with Crippen molar-refractivity contribution in [3.63, 3.8) is 0 Å². The molecule has 0 unspecified atom stereocenters. The van der Waals surface area contributed by atoms with Crippen LogP contribution in [-0.2, 0) is 21.7 Å². The summed E-state index contributed by atoms with van der Waals surface area (Å²) in [6, 6.07) is 19.3. The van der Waals surface area contributed by atoms with Crippen LogP contribution in [0.1, 0.15) is 58.3 Å². The van der Waals surface area contributed by atoms with Gasteiger partial charge in [-0.2, -0.15) is 6.08 Å². The Hall–Kier alpha value is -0.916. The molecule has 3 aromatic carbocycles.